The number of aromatic nitrogens is 1. The van der Waals surface area contributed by atoms with Gasteiger partial charge in [-0.1, -0.05) is 25.5 Å². The van der Waals surface area contributed by atoms with E-state index in [1.807, 2.05) is 39.8 Å². The van der Waals surface area contributed by atoms with Crippen LogP contribution in [0.1, 0.15) is 122 Å². The normalized spacial score (nSPS) is 44.7. The fraction of sp³-hybridized carbons (Fsp3) is 0.738. The van der Waals surface area contributed by atoms with Crippen molar-refractivity contribution in [1.82, 2.24) is 4.98 Å². The highest BCUT2D eigenvalue weighted by Gasteiger charge is 2.86. The predicted molar refractivity (Wildman–Crippen MR) is 190 cm³/mol. The van der Waals surface area contributed by atoms with E-state index in [4.69, 9.17) is 18.9 Å². The largest absolute Gasteiger partial charge is 0.387 e. The van der Waals surface area contributed by atoms with E-state index in [9.17, 15) is 15.0 Å². The summed E-state index contributed by atoms with van der Waals surface area (Å²) in [5.74, 6) is 0.492. The number of aromatic amines is 1. The van der Waals surface area contributed by atoms with Crippen LogP contribution in [0, 0.1) is 23.2 Å². The number of nitrogens with one attached hydrogen (secondary N) is 1. The van der Waals surface area contributed by atoms with Crippen LogP contribution in [0.15, 0.2) is 23.8 Å². The van der Waals surface area contributed by atoms with Gasteiger partial charge in [0.15, 0.2) is 11.4 Å². The number of aliphatic hydroxyl groups is 2. The molecule has 1 spiro atoms. The fourth-order valence-electron chi connectivity index (χ4n) is 13.1. The number of ether oxygens (including phenoxy) is 4. The van der Waals surface area contributed by atoms with Crippen molar-refractivity contribution in [3.05, 3.63) is 46.2 Å². The minimum Gasteiger partial charge on any atom is -0.387 e. The number of fused-ring (bicyclic) bond motifs is 10. The first-order valence-electron chi connectivity index (χ1n) is 19.2. The van der Waals surface area contributed by atoms with Gasteiger partial charge in [0, 0.05) is 38.9 Å². The Morgan fingerprint density at radius 1 is 1.04 bits per heavy atom. The van der Waals surface area contributed by atoms with Gasteiger partial charge in [0.25, 0.3) is 0 Å². The SMILES string of the molecule is CC(C)=CCOC(C)(C)[C@H]1O[C@H]2CC[C@@]3(C)[C@@](O)(CC[C@H]4Cc5c([nH]c6ccc7c(c56)C[C@@H]5[C@@H](C7=O)C(C)(C)OC5(C)C)[C@@]43C)[C@]23O[C@@H]3[C@@H]1O. The molecule has 8 nitrogen and oxygen atoms in total. The van der Waals surface area contributed by atoms with Gasteiger partial charge in [-0.2, -0.15) is 0 Å². The number of aliphatic hydroxyl groups excluding tert-OH is 1. The average Bonchev–Trinajstić information content (AvgIpc) is 3.52. The van der Waals surface area contributed by atoms with E-state index in [0.29, 0.717) is 18.9 Å². The monoisotopic (exact) mass is 687 g/mol. The van der Waals surface area contributed by atoms with E-state index in [2.05, 4.69) is 52.6 Å². The molecular formula is C42H57NO7. The van der Waals surface area contributed by atoms with Crippen LogP contribution in [-0.4, -0.2) is 80.0 Å². The molecule has 7 aliphatic rings. The smallest absolute Gasteiger partial charge is 0.169 e. The molecule has 9 rings (SSSR count). The van der Waals surface area contributed by atoms with Gasteiger partial charge in [0.1, 0.15) is 23.9 Å². The Morgan fingerprint density at radius 3 is 2.50 bits per heavy atom. The molecule has 8 heteroatoms. The first-order valence-corrected chi connectivity index (χ1v) is 19.2. The highest BCUT2D eigenvalue weighted by atomic mass is 16.7. The van der Waals surface area contributed by atoms with Crippen molar-refractivity contribution in [3.63, 3.8) is 0 Å². The maximum absolute atomic E-state index is 14.2. The Morgan fingerprint density at radius 2 is 1.78 bits per heavy atom. The summed E-state index contributed by atoms with van der Waals surface area (Å²) in [5, 5.41) is 26.3. The van der Waals surface area contributed by atoms with Crippen LogP contribution < -0.4 is 0 Å². The summed E-state index contributed by atoms with van der Waals surface area (Å²) in [6.45, 7) is 21.6. The molecule has 5 fully saturated rings. The van der Waals surface area contributed by atoms with Crippen LogP contribution in [-0.2, 0) is 37.2 Å². The van der Waals surface area contributed by atoms with Gasteiger partial charge in [-0.05, 0) is 123 Å². The van der Waals surface area contributed by atoms with Crippen molar-refractivity contribution in [1.29, 1.82) is 0 Å². The number of ketones is 1. The third kappa shape index (κ3) is 3.81. The summed E-state index contributed by atoms with van der Waals surface area (Å²) in [6, 6.07) is 4.15. The molecule has 11 atom stereocenters. The number of allylic oxidation sites excluding steroid dienone is 1. The van der Waals surface area contributed by atoms with Gasteiger partial charge < -0.3 is 34.1 Å². The van der Waals surface area contributed by atoms with Crippen LogP contribution in [0.3, 0.4) is 0 Å². The minimum absolute atomic E-state index is 0.109. The third-order valence-electron chi connectivity index (χ3n) is 15.7. The fourth-order valence-corrected chi connectivity index (χ4v) is 13.1. The van der Waals surface area contributed by atoms with Gasteiger partial charge in [0.2, 0.25) is 0 Å². The summed E-state index contributed by atoms with van der Waals surface area (Å²) in [7, 11) is 0. The Kier molecular flexibility index (Phi) is 6.69. The molecule has 0 amide bonds. The molecule has 50 heavy (non-hydrogen) atoms. The molecule has 2 saturated carbocycles. The van der Waals surface area contributed by atoms with E-state index in [1.165, 1.54) is 27.8 Å². The molecule has 0 unspecified atom stereocenters. The zero-order valence-corrected chi connectivity index (χ0v) is 31.7. The summed E-state index contributed by atoms with van der Waals surface area (Å²) in [5.41, 5.74) is 2.08. The van der Waals surface area contributed by atoms with E-state index >= 15 is 0 Å². The number of hydrogen-bond donors (Lipinski definition) is 3. The molecule has 3 N–H and O–H groups in total. The lowest BCUT2D eigenvalue weighted by atomic mass is 9.40. The van der Waals surface area contributed by atoms with Crippen molar-refractivity contribution < 1.29 is 34.0 Å². The number of hydrogen-bond acceptors (Lipinski definition) is 7. The topological polar surface area (TPSA) is 114 Å². The van der Waals surface area contributed by atoms with Gasteiger partial charge in [-0.3, -0.25) is 4.79 Å². The van der Waals surface area contributed by atoms with Crippen LogP contribution in [0.4, 0.5) is 0 Å². The first kappa shape index (κ1) is 33.7. The second-order valence-corrected chi connectivity index (χ2v) is 19.4. The van der Waals surface area contributed by atoms with Gasteiger partial charge in [-0.15, -0.1) is 0 Å². The maximum Gasteiger partial charge on any atom is 0.169 e. The summed E-state index contributed by atoms with van der Waals surface area (Å²) >= 11 is 0. The molecule has 3 aliphatic heterocycles. The molecule has 0 radical (unpaired) electrons. The lowest BCUT2D eigenvalue weighted by Crippen LogP contribution is -2.76. The number of epoxide rings is 1. The zero-order chi connectivity index (χ0) is 35.8. The molecule has 4 aliphatic carbocycles. The Bertz CT molecular complexity index is 1850. The molecule has 0 bridgehead atoms. The van der Waals surface area contributed by atoms with E-state index in [-0.39, 0.29) is 29.1 Å². The molecule has 4 heterocycles. The molecule has 1 aromatic carbocycles. The summed E-state index contributed by atoms with van der Waals surface area (Å²) in [4.78, 5) is 18.2. The highest BCUT2D eigenvalue weighted by Crippen LogP contribution is 2.75. The lowest BCUT2D eigenvalue weighted by Gasteiger charge is -2.66. The first-order chi connectivity index (χ1) is 23.3. The van der Waals surface area contributed by atoms with Gasteiger partial charge in [0.05, 0.1) is 35.4 Å². The van der Waals surface area contributed by atoms with E-state index in [0.717, 1.165) is 43.2 Å². The van der Waals surface area contributed by atoms with Crippen molar-refractivity contribution in [3.8, 4) is 0 Å². The number of carbonyl (C=O) groups is 1. The van der Waals surface area contributed by atoms with Crippen molar-refractivity contribution in [2.75, 3.05) is 6.61 Å². The molecule has 2 aromatic rings. The predicted octanol–water partition coefficient (Wildman–Crippen LogP) is 6.51. The van der Waals surface area contributed by atoms with Crippen molar-refractivity contribution >= 4 is 16.7 Å². The van der Waals surface area contributed by atoms with Gasteiger partial charge >= 0.3 is 0 Å². The Labute approximate surface area is 296 Å². The van der Waals surface area contributed by atoms with Crippen molar-refractivity contribution in [2.24, 2.45) is 23.2 Å². The third-order valence-corrected chi connectivity index (χ3v) is 15.7. The molecule has 272 valence electrons. The summed E-state index contributed by atoms with van der Waals surface area (Å²) in [6.07, 6.45) is 4.39. The molecular weight excluding hydrogens is 630 g/mol. The average molecular weight is 688 g/mol. The lowest BCUT2D eigenvalue weighted by molar-refractivity contribution is -0.283. The van der Waals surface area contributed by atoms with Crippen LogP contribution in [0.5, 0.6) is 0 Å². The number of H-pyrrole nitrogens is 1. The summed E-state index contributed by atoms with van der Waals surface area (Å²) < 4.78 is 26.3. The maximum atomic E-state index is 14.2. The van der Waals surface area contributed by atoms with Crippen LogP contribution in [0.2, 0.25) is 0 Å². The molecule has 3 saturated heterocycles. The Hall–Kier alpha value is -2.07. The number of Topliss-reactive ketones (excluding diaryl/α,β-unsaturated/α-hetero) is 1. The zero-order valence-electron chi connectivity index (χ0n) is 31.7. The molecule has 1 aromatic heterocycles. The van der Waals surface area contributed by atoms with Gasteiger partial charge in [-0.25, -0.2) is 0 Å². The van der Waals surface area contributed by atoms with Crippen LogP contribution >= 0.6 is 0 Å². The number of benzene rings is 1. The second-order valence-electron chi connectivity index (χ2n) is 19.4. The van der Waals surface area contributed by atoms with E-state index in [1.54, 1.807) is 0 Å². The number of rotatable bonds is 4. The van der Waals surface area contributed by atoms with E-state index < -0.39 is 51.7 Å². The van der Waals surface area contributed by atoms with Crippen molar-refractivity contribution in [2.45, 2.75) is 166 Å². The van der Waals surface area contributed by atoms with Crippen LogP contribution in [0.25, 0.3) is 10.9 Å². The number of carbonyl (C=O) groups excluding carboxylic acids is 1. The second kappa shape index (κ2) is 9.91. The standard InChI is InChI=1S/C42H57NO7/c1-21(2)15-18-47-38(7,8)34-32(45)35-42(49-35)28(48-34)14-16-39(9)40(10)22(13-17-41(39,42)46)19-25-29-24-20-26-30(37(5,6)50-36(26,3)4)31(44)23(24)11-12-27(29)43-33(25)40/h11-12,15,22,26,28,30,32,34-35,43,45-46H,13-14,16-20H2,1-10H3/t22-,26+,28-,30-,32+,34-,35+,39+,40+,41-,42-/m0/s1. The highest BCUT2D eigenvalue weighted by molar-refractivity contribution is 6.06. The quantitative estimate of drug-likeness (QED) is 0.248. The minimum atomic E-state index is -1.20. The Balaban J connectivity index is 1.09.